The Bertz CT molecular complexity index is 970. The van der Waals surface area contributed by atoms with E-state index in [0.29, 0.717) is 0 Å². The number of hydrogen-bond acceptors (Lipinski definition) is 6. The molecule has 0 atom stereocenters. The fraction of sp³-hybridized carbons (Fsp3) is 0.692. The maximum absolute atomic E-state index is 11.6. The van der Waals surface area contributed by atoms with Gasteiger partial charge in [-0.05, 0) is 6.92 Å². The Morgan fingerprint density at radius 2 is 1.53 bits per heavy atom. The molecule has 0 saturated carbocycles. The van der Waals surface area contributed by atoms with Crippen molar-refractivity contribution in [1.29, 1.82) is 0 Å². The minimum atomic E-state index is -6.30. The molecule has 1 aromatic rings. The Morgan fingerprint density at radius 3 is 1.79 bits per heavy atom. The first-order valence-corrected chi connectivity index (χ1v) is 11.4. The lowest BCUT2D eigenvalue weighted by Crippen LogP contribution is -2.90. The molecule has 0 fully saturated rings. The highest BCUT2D eigenvalue weighted by molar-refractivity contribution is 7.90. The van der Waals surface area contributed by atoms with E-state index in [9.17, 15) is 61.1 Å². The number of quaternary nitrogens is 1. The number of carbonyl (C=O) groups is 1. The van der Waals surface area contributed by atoms with Crippen LogP contribution in [0.1, 0.15) is 6.92 Å². The first-order valence-electron chi connectivity index (χ1n) is 8.36. The van der Waals surface area contributed by atoms with E-state index in [4.69, 9.17) is 0 Å². The number of nitrogens with one attached hydrogen (secondary N) is 1. The molecule has 1 amide bonds. The lowest BCUT2D eigenvalue weighted by molar-refractivity contribution is -0.671. The molecule has 1 aromatic heterocycles. The molecule has 0 spiro atoms. The Labute approximate surface area is 187 Å². The van der Waals surface area contributed by atoms with Gasteiger partial charge in [0.15, 0.2) is 0 Å². The number of nitrogens with two attached hydrogens (primary N) is 1. The summed E-state index contributed by atoms with van der Waals surface area (Å²) in [5.74, 6) is -3.20. The lowest BCUT2D eigenvalue weighted by Gasteiger charge is -2.10. The summed E-state index contributed by atoms with van der Waals surface area (Å²) < 4.78 is 152. The highest BCUT2D eigenvalue weighted by Crippen LogP contribution is 2.23. The summed E-state index contributed by atoms with van der Waals surface area (Å²) in [6.07, 6.45) is 0.446. The van der Waals surface area contributed by atoms with E-state index in [0.717, 1.165) is 6.54 Å². The highest BCUT2D eigenvalue weighted by Gasteiger charge is 2.51. The van der Waals surface area contributed by atoms with E-state index in [1.165, 1.54) is 7.11 Å². The van der Waals surface area contributed by atoms with Crippen LogP contribution in [0.2, 0.25) is 0 Å². The van der Waals surface area contributed by atoms with Crippen molar-refractivity contribution < 1.29 is 75.2 Å². The van der Waals surface area contributed by atoms with Crippen molar-refractivity contribution in [3.8, 4) is 0 Å². The second kappa shape index (κ2) is 13.1. The standard InChI is InChI=1S/C6H11N2.C4H8F3NO3S.C3HF6NO3S/c1-3-8-5-4-7(2)6-8;1-11-3-2-8-12(9,10)4(5,6)7;4-2(5,6)1(11)10-14(12,13)3(7,8)9/h4-6H,3H2,1-2H3;8H,2-3H2,1H3;(H,10,11)/q+1;;/p+1. The molecule has 34 heavy (non-hydrogen) atoms. The number of rotatable bonds is 6. The van der Waals surface area contributed by atoms with Crippen LogP contribution in [0.25, 0.3) is 0 Å². The number of alkyl halides is 9. The number of sulfonamides is 2. The number of primary sulfonamides is 1. The van der Waals surface area contributed by atoms with Crippen molar-refractivity contribution >= 4 is 26.0 Å². The molecule has 202 valence electrons. The van der Waals surface area contributed by atoms with E-state index in [1.54, 1.807) is 0 Å². The van der Waals surface area contributed by atoms with E-state index in [2.05, 4.69) is 28.8 Å². The monoisotopic (exact) mass is 564 g/mol. The molecule has 1 rings (SSSR count). The minimum Gasteiger partial charge on any atom is -0.379 e. The number of amides is 1. The van der Waals surface area contributed by atoms with Gasteiger partial charge in [0.1, 0.15) is 18.9 Å². The average molecular weight is 564 g/mol. The summed E-state index contributed by atoms with van der Waals surface area (Å²) >= 11 is 0. The van der Waals surface area contributed by atoms with Crippen LogP contribution >= 0.6 is 0 Å². The van der Waals surface area contributed by atoms with Crippen LogP contribution in [0.15, 0.2) is 18.7 Å². The van der Waals surface area contributed by atoms with Gasteiger partial charge in [0.05, 0.1) is 20.2 Å². The second-order valence-electron chi connectivity index (χ2n) is 5.73. The summed E-state index contributed by atoms with van der Waals surface area (Å²) in [7, 11) is -8.08. The second-order valence-corrected chi connectivity index (χ2v) is 9.29. The van der Waals surface area contributed by atoms with Crippen LogP contribution in [0, 0.1) is 0 Å². The Kier molecular flexibility index (Phi) is 13.1. The number of ether oxygens (including phenoxy) is 1. The average Bonchev–Trinajstić information content (AvgIpc) is 3.05. The van der Waals surface area contributed by atoms with Crippen molar-refractivity contribution in [1.82, 2.24) is 9.29 Å². The first-order chi connectivity index (χ1) is 15.0. The van der Waals surface area contributed by atoms with E-state index in [1.807, 2.05) is 17.8 Å². The zero-order valence-corrected chi connectivity index (χ0v) is 19.1. The number of halogens is 9. The zero-order chi connectivity index (χ0) is 27.6. The third kappa shape index (κ3) is 12.9. The molecule has 0 radical (unpaired) electrons. The van der Waals surface area contributed by atoms with Gasteiger partial charge in [0.2, 0.25) is 6.33 Å². The molecule has 0 aliphatic carbocycles. The lowest BCUT2D eigenvalue weighted by atomic mass is 10.6. The summed E-state index contributed by atoms with van der Waals surface area (Å²) in [5, 5.41) is 0. The topological polar surface area (TPSA) is 132 Å². The number of carbonyl (C=O) groups excluding carboxylic acids is 1. The van der Waals surface area contributed by atoms with E-state index >= 15 is 0 Å². The SMILES string of the molecule is CCn1cc[n+](C)c1.COCC[NH2+]S(=O)(=O)C(F)(F)F.O=C(NS(=O)(=O)C(F)(F)F)C(F)(F)F. The molecule has 0 saturated heterocycles. The summed E-state index contributed by atoms with van der Waals surface area (Å²) in [5.41, 5.74) is -11.2. The Balaban J connectivity index is 0. The largest absolute Gasteiger partial charge is 0.549 e. The third-order valence-corrected chi connectivity index (χ3v) is 5.34. The fourth-order valence-electron chi connectivity index (χ4n) is 1.34. The Hall–Kier alpha value is -2.13. The maximum atomic E-state index is 11.6. The quantitative estimate of drug-likeness (QED) is 0.282. The van der Waals surface area contributed by atoms with Crippen molar-refractivity contribution in [2.24, 2.45) is 7.05 Å². The van der Waals surface area contributed by atoms with Crippen LogP contribution < -0.4 is 14.0 Å². The number of methoxy groups -OCH3 is 1. The molecular weight excluding hydrogens is 543 g/mol. The van der Waals surface area contributed by atoms with Crippen molar-refractivity contribution in [2.75, 3.05) is 20.3 Å². The molecule has 0 bridgehead atoms. The fourth-order valence-corrected chi connectivity index (χ4v) is 2.41. The zero-order valence-electron chi connectivity index (χ0n) is 17.5. The molecule has 10 nitrogen and oxygen atoms in total. The summed E-state index contributed by atoms with van der Waals surface area (Å²) in [6, 6.07) is 0. The number of hydrogen-bond donors (Lipinski definition) is 2. The predicted octanol–water partition coefficient (Wildman–Crippen LogP) is -0.107. The van der Waals surface area contributed by atoms with Crippen molar-refractivity contribution in [2.45, 2.75) is 30.7 Å². The van der Waals surface area contributed by atoms with Gasteiger partial charge in [0, 0.05) is 7.11 Å². The van der Waals surface area contributed by atoms with Crippen LogP contribution in [-0.4, -0.2) is 64.8 Å². The number of aromatic nitrogens is 2. The molecule has 21 heteroatoms. The Morgan fingerprint density at radius 1 is 1.03 bits per heavy atom. The first kappa shape index (κ1) is 34.0. The smallest absolute Gasteiger partial charge is 0.379 e. The normalized spacial score (nSPS) is 12.7. The predicted molar refractivity (Wildman–Crippen MR) is 94.1 cm³/mol. The van der Waals surface area contributed by atoms with Gasteiger partial charge < -0.3 is 4.74 Å². The van der Waals surface area contributed by atoms with Crippen LogP contribution in [-0.2, 0) is 43.2 Å². The minimum absolute atomic E-state index is 0.0463. The molecule has 1 heterocycles. The molecule has 0 aliphatic rings. The summed E-state index contributed by atoms with van der Waals surface area (Å²) in [4.78, 5) is 9.81. The van der Waals surface area contributed by atoms with Crippen LogP contribution in [0.5, 0.6) is 0 Å². The maximum Gasteiger partial charge on any atom is 0.549 e. The number of nitrogens with zero attached hydrogens (tertiary/aromatic N) is 2. The molecule has 3 N–H and O–H groups in total. The number of imidazole rings is 1. The molecule has 0 aliphatic heterocycles. The van der Waals surface area contributed by atoms with Gasteiger partial charge in [-0.25, -0.2) is 18.6 Å². The molecule has 0 aromatic carbocycles. The highest BCUT2D eigenvalue weighted by atomic mass is 32.2. The van der Waals surface area contributed by atoms with Gasteiger partial charge in [0.25, 0.3) is 0 Å². The molecule has 0 unspecified atom stereocenters. The molecular formula is C13H21F9N4O6S2+2. The van der Waals surface area contributed by atoms with Crippen LogP contribution in [0.3, 0.4) is 0 Å². The van der Waals surface area contributed by atoms with Gasteiger partial charge in [-0.15, -0.1) is 0 Å². The summed E-state index contributed by atoms with van der Waals surface area (Å²) in [6.45, 7) is 2.87. The van der Waals surface area contributed by atoms with E-state index < -0.39 is 43.1 Å². The van der Waals surface area contributed by atoms with E-state index in [-0.39, 0.29) is 22.6 Å². The van der Waals surface area contributed by atoms with Gasteiger partial charge in [-0.1, -0.05) is 0 Å². The third-order valence-electron chi connectivity index (χ3n) is 2.96. The number of aryl methyl sites for hydroxylation is 2. The van der Waals surface area contributed by atoms with Gasteiger partial charge in [-0.3, -0.25) is 4.79 Å². The van der Waals surface area contributed by atoms with Crippen molar-refractivity contribution in [3.63, 3.8) is 0 Å². The van der Waals surface area contributed by atoms with Crippen molar-refractivity contribution in [3.05, 3.63) is 18.7 Å². The van der Waals surface area contributed by atoms with Crippen LogP contribution in [0.4, 0.5) is 39.5 Å². The van der Waals surface area contributed by atoms with Gasteiger partial charge in [-0.2, -0.15) is 56.3 Å². The van der Waals surface area contributed by atoms with Gasteiger partial charge >= 0.3 is 43.1 Å².